The van der Waals surface area contributed by atoms with E-state index in [2.05, 4.69) is 10.2 Å². The van der Waals surface area contributed by atoms with Gasteiger partial charge in [-0.15, -0.1) is 0 Å². The minimum atomic E-state index is -0.502. The van der Waals surface area contributed by atoms with Gasteiger partial charge in [-0.2, -0.15) is 5.10 Å². The molecule has 2 aromatic rings. The molecule has 0 aliphatic heterocycles. The molecule has 1 aromatic heterocycles. The van der Waals surface area contributed by atoms with Gasteiger partial charge in [-0.1, -0.05) is 17.7 Å². The quantitative estimate of drug-likeness (QED) is 0.619. The number of anilines is 1. The van der Waals surface area contributed by atoms with Gasteiger partial charge in [0.15, 0.2) is 0 Å². The van der Waals surface area contributed by atoms with Gasteiger partial charge in [0, 0.05) is 12.1 Å². The monoisotopic (exact) mass is 238 g/mol. The summed E-state index contributed by atoms with van der Waals surface area (Å²) in [4.78, 5) is 10.3. The largest absolute Gasteiger partial charge is 0.382 e. The molecule has 6 nitrogen and oxygen atoms in total. The van der Waals surface area contributed by atoms with E-state index in [1.165, 1.54) is 18.2 Å². The Morgan fingerprint density at radius 2 is 2.25 bits per heavy atom. The molecule has 2 rings (SSSR count). The van der Waals surface area contributed by atoms with E-state index < -0.39 is 4.92 Å². The summed E-state index contributed by atoms with van der Waals surface area (Å²) < 4.78 is 0. The summed E-state index contributed by atoms with van der Waals surface area (Å²) in [5, 5.41) is 17.4. The average molecular weight is 239 g/mol. The molecule has 82 valence electrons. The first-order chi connectivity index (χ1) is 7.59. The number of nitrogens with two attached hydrogens (primary N) is 1. The van der Waals surface area contributed by atoms with Crippen LogP contribution in [0.25, 0.3) is 11.3 Å². The van der Waals surface area contributed by atoms with E-state index in [-0.39, 0.29) is 16.5 Å². The van der Waals surface area contributed by atoms with Gasteiger partial charge in [0.05, 0.1) is 21.2 Å². The van der Waals surface area contributed by atoms with Crippen LogP contribution < -0.4 is 5.73 Å². The molecule has 0 radical (unpaired) electrons. The SMILES string of the molecule is Nc1cc(-c2c(Cl)cccc2[N+](=O)[O-])[nH]n1. The lowest BCUT2D eigenvalue weighted by Gasteiger charge is -2.01. The lowest BCUT2D eigenvalue weighted by atomic mass is 10.1. The van der Waals surface area contributed by atoms with Gasteiger partial charge in [-0.25, -0.2) is 0 Å². The Morgan fingerprint density at radius 3 is 2.81 bits per heavy atom. The Balaban J connectivity index is 2.67. The molecule has 0 saturated heterocycles. The summed E-state index contributed by atoms with van der Waals surface area (Å²) in [6.07, 6.45) is 0. The maximum atomic E-state index is 10.8. The fourth-order valence-corrected chi connectivity index (χ4v) is 1.67. The number of rotatable bonds is 2. The fourth-order valence-electron chi connectivity index (χ4n) is 1.40. The van der Waals surface area contributed by atoms with Crippen LogP contribution in [-0.2, 0) is 0 Å². The highest BCUT2D eigenvalue weighted by atomic mass is 35.5. The molecule has 0 unspecified atom stereocenters. The number of nitrogens with one attached hydrogen (secondary N) is 1. The molecule has 0 atom stereocenters. The van der Waals surface area contributed by atoms with Gasteiger partial charge >= 0.3 is 0 Å². The molecule has 0 bridgehead atoms. The zero-order valence-electron chi connectivity index (χ0n) is 7.98. The summed E-state index contributed by atoms with van der Waals surface area (Å²) in [6.45, 7) is 0. The van der Waals surface area contributed by atoms with Gasteiger partial charge in [-0.05, 0) is 6.07 Å². The van der Waals surface area contributed by atoms with Gasteiger partial charge in [0.1, 0.15) is 5.82 Å². The lowest BCUT2D eigenvalue weighted by molar-refractivity contribution is -0.384. The van der Waals surface area contributed by atoms with Crippen LogP contribution in [0.5, 0.6) is 0 Å². The Bertz CT molecular complexity index is 552. The third-order valence-electron chi connectivity index (χ3n) is 2.06. The number of hydrogen-bond donors (Lipinski definition) is 2. The van der Waals surface area contributed by atoms with Crippen molar-refractivity contribution < 1.29 is 4.92 Å². The normalized spacial score (nSPS) is 10.3. The molecule has 0 saturated carbocycles. The Labute approximate surface area is 95.2 Å². The first-order valence-electron chi connectivity index (χ1n) is 4.33. The zero-order valence-corrected chi connectivity index (χ0v) is 8.73. The average Bonchev–Trinajstić information content (AvgIpc) is 2.64. The third kappa shape index (κ3) is 1.70. The number of nitrogens with zero attached hydrogens (tertiary/aromatic N) is 2. The lowest BCUT2D eigenvalue weighted by Crippen LogP contribution is -1.92. The van der Waals surface area contributed by atoms with Crippen LogP contribution >= 0.6 is 11.6 Å². The Hall–Kier alpha value is -2.08. The van der Waals surface area contributed by atoms with Crippen LogP contribution in [0.1, 0.15) is 0 Å². The molecule has 1 heterocycles. The van der Waals surface area contributed by atoms with E-state index in [9.17, 15) is 10.1 Å². The molecule has 3 N–H and O–H groups in total. The third-order valence-corrected chi connectivity index (χ3v) is 2.37. The van der Waals surface area contributed by atoms with Crippen molar-refractivity contribution in [1.29, 1.82) is 0 Å². The summed E-state index contributed by atoms with van der Waals surface area (Å²) >= 11 is 5.92. The molecule has 0 amide bonds. The van der Waals surface area contributed by atoms with Gasteiger partial charge in [-0.3, -0.25) is 15.2 Å². The minimum absolute atomic E-state index is 0.0869. The number of aromatic amines is 1. The number of H-pyrrole nitrogens is 1. The molecule has 1 aromatic carbocycles. The minimum Gasteiger partial charge on any atom is -0.382 e. The van der Waals surface area contributed by atoms with Crippen LogP contribution in [0, 0.1) is 10.1 Å². The topological polar surface area (TPSA) is 97.8 Å². The Morgan fingerprint density at radius 1 is 1.50 bits per heavy atom. The van der Waals surface area contributed by atoms with Crippen molar-refractivity contribution in [1.82, 2.24) is 10.2 Å². The molecule has 16 heavy (non-hydrogen) atoms. The molecule has 0 spiro atoms. The predicted octanol–water partition coefficient (Wildman–Crippen LogP) is 2.22. The molecular weight excluding hydrogens is 232 g/mol. The molecule has 0 aliphatic rings. The number of benzene rings is 1. The highest BCUT2D eigenvalue weighted by Crippen LogP contribution is 2.35. The number of halogens is 1. The summed E-state index contributed by atoms with van der Waals surface area (Å²) in [5.41, 5.74) is 6.07. The number of nitrogen functional groups attached to an aromatic ring is 1. The fraction of sp³-hybridized carbons (Fsp3) is 0. The van der Waals surface area contributed by atoms with Crippen molar-refractivity contribution in [2.45, 2.75) is 0 Å². The second-order valence-electron chi connectivity index (χ2n) is 3.10. The number of hydrogen-bond acceptors (Lipinski definition) is 4. The number of aromatic nitrogens is 2. The number of nitro groups is 1. The van der Waals surface area contributed by atoms with Crippen molar-refractivity contribution in [3.8, 4) is 11.3 Å². The summed E-state index contributed by atoms with van der Waals surface area (Å²) in [6, 6.07) is 5.96. The molecule has 0 fully saturated rings. The smallest absolute Gasteiger partial charge is 0.280 e. The van der Waals surface area contributed by atoms with Crippen LogP contribution in [0.2, 0.25) is 5.02 Å². The van der Waals surface area contributed by atoms with Crippen molar-refractivity contribution in [3.63, 3.8) is 0 Å². The maximum absolute atomic E-state index is 10.8. The second-order valence-corrected chi connectivity index (χ2v) is 3.50. The van der Waals surface area contributed by atoms with Crippen molar-refractivity contribution in [2.75, 3.05) is 5.73 Å². The number of nitro benzene ring substituents is 1. The van der Waals surface area contributed by atoms with Crippen molar-refractivity contribution in [3.05, 3.63) is 39.4 Å². The van der Waals surface area contributed by atoms with Gasteiger partial charge in [0.25, 0.3) is 5.69 Å². The van der Waals surface area contributed by atoms with E-state index in [4.69, 9.17) is 17.3 Å². The highest BCUT2D eigenvalue weighted by Gasteiger charge is 2.19. The highest BCUT2D eigenvalue weighted by molar-refractivity contribution is 6.33. The van der Waals surface area contributed by atoms with Crippen LogP contribution in [0.3, 0.4) is 0 Å². The van der Waals surface area contributed by atoms with E-state index in [1.807, 2.05) is 0 Å². The van der Waals surface area contributed by atoms with E-state index >= 15 is 0 Å². The van der Waals surface area contributed by atoms with Gasteiger partial charge < -0.3 is 5.73 Å². The summed E-state index contributed by atoms with van der Waals surface area (Å²) in [5.74, 6) is 0.254. The first-order valence-corrected chi connectivity index (χ1v) is 4.71. The molecule has 0 aliphatic carbocycles. The van der Waals surface area contributed by atoms with E-state index in [0.29, 0.717) is 11.3 Å². The maximum Gasteiger partial charge on any atom is 0.280 e. The van der Waals surface area contributed by atoms with Crippen LogP contribution in [0.4, 0.5) is 11.5 Å². The second kappa shape index (κ2) is 3.82. The Kier molecular flexibility index (Phi) is 2.49. The van der Waals surface area contributed by atoms with Crippen LogP contribution in [0.15, 0.2) is 24.3 Å². The van der Waals surface area contributed by atoms with E-state index in [0.717, 1.165) is 0 Å². The van der Waals surface area contributed by atoms with Crippen molar-refractivity contribution in [2.24, 2.45) is 0 Å². The standard InChI is InChI=1S/C9H7ClN4O2/c10-5-2-1-3-7(14(15)16)9(5)6-4-8(11)13-12-6/h1-4H,(H3,11,12,13). The van der Waals surface area contributed by atoms with Crippen molar-refractivity contribution >= 4 is 23.1 Å². The summed E-state index contributed by atoms with van der Waals surface area (Å²) in [7, 11) is 0. The molecular formula is C9H7ClN4O2. The predicted molar refractivity (Wildman–Crippen MR) is 60.1 cm³/mol. The van der Waals surface area contributed by atoms with Crippen LogP contribution in [-0.4, -0.2) is 15.1 Å². The molecule has 7 heteroatoms. The van der Waals surface area contributed by atoms with E-state index in [1.54, 1.807) is 6.07 Å². The zero-order chi connectivity index (χ0) is 11.7. The first kappa shape index (κ1) is 10.4. The van der Waals surface area contributed by atoms with Gasteiger partial charge in [0.2, 0.25) is 0 Å².